The van der Waals surface area contributed by atoms with Crippen LogP contribution in [0.3, 0.4) is 0 Å². The smallest absolute Gasteiger partial charge is 0.410 e. The molecular weight excluding hydrogens is 296 g/mol. The first-order chi connectivity index (χ1) is 11.0. The van der Waals surface area contributed by atoms with E-state index < -0.39 is 17.6 Å². The van der Waals surface area contributed by atoms with Gasteiger partial charge in [0, 0.05) is 13.6 Å². The molecule has 3 rings (SSSR count). The van der Waals surface area contributed by atoms with Gasteiger partial charge in [0.05, 0.1) is 19.0 Å². The molecule has 124 valence electrons. The van der Waals surface area contributed by atoms with E-state index in [4.69, 9.17) is 4.74 Å². The largest absolute Gasteiger partial charge is 0.445 e. The van der Waals surface area contributed by atoms with Crippen LogP contribution < -0.4 is 0 Å². The second-order valence-electron chi connectivity index (χ2n) is 6.45. The molecule has 2 aliphatic heterocycles. The van der Waals surface area contributed by atoms with Gasteiger partial charge in [-0.15, -0.1) is 0 Å². The quantitative estimate of drug-likeness (QED) is 0.910. The van der Waals surface area contributed by atoms with Crippen molar-refractivity contribution in [2.24, 2.45) is 5.92 Å². The van der Waals surface area contributed by atoms with Gasteiger partial charge in [-0.3, -0.25) is 4.79 Å². The molecule has 0 bridgehead atoms. The lowest BCUT2D eigenvalue weighted by Gasteiger charge is -2.50. The highest BCUT2D eigenvalue weighted by Crippen LogP contribution is 2.35. The second kappa shape index (κ2) is 6.20. The topological polar surface area (TPSA) is 70.1 Å². The van der Waals surface area contributed by atoms with Gasteiger partial charge in [-0.25, -0.2) is 4.79 Å². The third kappa shape index (κ3) is 3.17. The van der Waals surface area contributed by atoms with Crippen molar-refractivity contribution in [1.29, 1.82) is 0 Å². The van der Waals surface area contributed by atoms with E-state index >= 15 is 0 Å². The molecule has 2 saturated heterocycles. The number of carbonyl (C=O) groups is 2. The summed E-state index contributed by atoms with van der Waals surface area (Å²) in [6.45, 7) is 1.25. The van der Waals surface area contributed by atoms with Crippen LogP contribution in [0, 0.1) is 5.92 Å². The van der Waals surface area contributed by atoms with Gasteiger partial charge in [0.1, 0.15) is 12.2 Å². The number of hydrogen-bond acceptors (Lipinski definition) is 4. The SMILES string of the molecule is CN1CCCC(C2(O)CN(C(=O)OCc3ccccc3)C2)C1=O. The minimum absolute atomic E-state index is 0.0314. The zero-order chi connectivity index (χ0) is 16.4. The van der Waals surface area contributed by atoms with E-state index in [1.165, 1.54) is 4.90 Å². The Morgan fingerprint density at radius 1 is 1.35 bits per heavy atom. The van der Waals surface area contributed by atoms with Gasteiger partial charge in [0.2, 0.25) is 5.91 Å². The highest BCUT2D eigenvalue weighted by molar-refractivity contribution is 5.81. The number of carbonyl (C=O) groups excluding carboxylic acids is 2. The highest BCUT2D eigenvalue weighted by atomic mass is 16.6. The van der Waals surface area contributed by atoms with Gasteiger partial charge >= 0.3 is 6.09 Å². The second-order valence-corrected chi connectivity index (χ2v) is 6.45. The summed E-state index contributed by atoms with van der Waals surface area (Å²) in [5.41, 5.74) is -0.196. The molecule has 2 heterocycles. The number of benzene rings is 1. The fourth-order valence-electron chi connectivity index (χ4n) is 3.31. The highest BCUT2D eigenvalue weighted by Gasteiger charge is 2.53. The summed E-state index contributed by atoms with van der Waals surface area (Å²) >= 11 is 0. The first-order valence-electron chi connectivity index (χ1n) is 7.92. The average Bonchev–Trinajstić information content (AvgIpc) is 2.53. The lowest BCUT2D eigenvalue weighted by atomic mass is 9.76. The third-order valence-electron chi connectivity index (χ3n) is 4.70. The van der Waals surface area contributed by atoms with Crippen LogP contribution in [0.25, 0.3) is 0 Å². The lowest BCUT2D eigenvalue weighted by molar-refractivity contribution is -0.167. The predicted octanol–water partition coefficient (Wildman–Crippen LogP) is 1.24. The Balaban J connectivity index is 1.51. The molecule has 1 aromatic carbocycles. The van der Waals surface area contributed by atoms with E-state index in [2.05, 4.69) is 0 Å². The van der Waals surface area contributed by atoms with Crippen molar-refractivity contribution >= 4 is 12.0 Å². The number of piperidine rings is 1. The first kappa shape index (κ1) is 15.8. The molecule has 0 aliphatic carbocycles. The number of β-amino-alcohol motifs (C(OH)–C–C–N with tert-alkyl or cyclic N) is 1. The van der Waals surface area contributed by atoms with Crippen LogP contribution in [0.1, 0.15) is 18.4 Å². The summed E-state index contributed by atoms with van der Waals surface area (Å²) in [6, 6.07) is 9.44. The molecule has 6 nitrogen and oxygen atoms in total. The molecular formula is C17H22N2O4. The summed E-state index contributed by atoms with van der Waals surface area (Å²) in [5.74, 6) is -0.449. The standard InChI is InChI=1S/C17H22N2O4/c1-18-9-5-8-14(15(18)20)17(22)11-19(12-17)16(21)23-10-13-6-3-2-4-7-13/h2-4,6-7,14,22H,5,8-12H2,1H3. The average molecular weight is 318 g/mol. The molecule has 1 atom stereocenters. The fraction of sp³-hybridized carbons (Fsp3) is 0.529. The monoisotopic (exact) mass is 318 g/mol. The van der Waals surface area contributed by atoms with Crippen LogP contribution in [0.2, 0.25) is 0 Å². The minimum Gasteiger partial charge on any atom is -0.445 e. The van der Waals surface area contributed by atoms with Crippen molar-refractivity contribution in [3.8, 4) is 0 Å². The molecule has 2 amide bonds. The number of amides is 2. The number of nitrogens with zero attached hydrogens (tertiary/aromatic N) is 2. The summed E-state index contributed by atoms with van der Waals surface area (Å²) in [5, 5.41) is 10.6. The van der Waals surface area contributed by atoms with Gasteiger partial charge in [-0.2, -0.15) is 0 Å². The van der Waals surface area contributed by atoms with Crippen molar-refractivity contribution in [3.63, 3.8) is 0 Å². The van der Waals surface area contributed by atoms with Crippen LogP contribution in [0.15, 0.2) is 30.3 Å². The molecule has 1 aromatic rings. The van der Waals surface area contributed by atoms with Crippen LogP contribution >= 0.6 is 0 Å². The van der Waals surface area contributed by atoms with Crippen molar-refractivity contribution in [3.05, 3.63) is 35.9 Å². The molecule has 1 unspecified atom stereocenters. The van der Waals surface area contributed by atoms with Gasteiger partial charge < -0.3 is 19.6 Å². The van der Waals surface area contributed by atoms with Crippen molar-refractivity contribution in [2.45, 2.75) is 25.0 Å². The summed E-state index contributed by atoms with van der Waals surface area (Å²) in [4.78, 5) is 27.3. The van der Waals surface area contributed by atoms with E-state index in [9.17, 15) is 14.7 Å². The molecule has 1 N–H and O–H groups in total. The van der Waals surface area contributed by atoms with Gasteiger partial charge in [-0.05, 0) is 18.4 Å². The molecule has 0 spiro atoms. The maximum absolute atomic E-state index is 12.2. The molecule has 2 fully saturated rings. The predicted molar refractivity (Wildman–Crippen MR) is 83.5 cm³/mol. The Labute approximate surface area is 135 Å². The Bertz CT molecular complexity index is 584. The number of hydrogen-bond donors (Lipinski definition) is 1. The van der Waals surface area contributed by atoms with Crippen LogP contribution in [-0.2, 0) is 16.1 Å². The maximum Gasteiger partial charge on any atom is 0.410 e. The van der Waals surface area contributed by atoms with Crippen LogP contribution in [0.5, 0.6) is 0 Å². The molecule has 2 aliphatic rings. The van der Waals surface area contributed by atoms with E-state index in [1.54, 1.807) is 11.9 Å². The summed E-state index contributed by atoms with van der Waals surface area (Å²) in [6.07, 6.45) is 1.11. The number of aliphatic hydroxyl groups is 1. The third-order valence-corrected chi connectivity index (χ3v) is 4.70. The molecule has 23 heavy (non-hydrogen) atoms. The lowest BCUT2D eigenvalue weighted by Crippen LogP contribution is -2.69. The number of likely N-dealkylation sites (tertiary alicyclic amines) is 2. The summed E-state index contributed by atoms with van der Waals surface area (Å²) in [7, 11) is 1.75. The molecule has 0 aromatic heterocycles. The summed E-state index contributed by atoms with van der Waals surface area (Å²) < 4.78 is 5.24. The van der Waals surface area contributed by atoms with E-state index in [-0.39, 0.29) is 25.6 Å². The molecule has 6 heteroatoms. The molecule has 0 saturated carbocycles. The first-order valence-corrected chi connectivity index (χ1v) is 7.92. The van der Waals surface area contributed by atoms with E-state index in [0.717, 1.165) is 18.5 Å². The zero-order valence-corrected chi connectivity index (χ0v) is 13.3. The number of rotatable bonds is 3. The van der Waals surface area contributed by atoms with Crippen molar-refractivity contribution in [2.75, 3.05) is 26.7 Å². The number of ether oxygens (including phenoxy) is 1. The van der Waals surface area contributed by atoms with Crippen LogP contribution in [0.4, 0.5) is 4.79 Å². The van der Waals surface area contributed by atoms with E-state index in [0.29, 0.717) is 6.42 Å². The Morgan fingerprint density at radius 2 is 2.04 bits per heavy atom. The van der Waals surface area contributed by atoms with Crippen molar-refractivity contribution in [1.82, 2.24) is 9.80 Å². The Morgan fingerprint density at radius 3 is 2.74 bits per heavy atom. The van der Waals surface area contributed by atoms with Gasteiger partial charge in [0.15, 0.2) is 0 Å². The minimum atomic E-state index is -1.11. The van der Waals surface area contributed by atoms with Gasteiger partial charge in [-0.1, -0.05) is 30.3 Å². The normalized spacial score (nSPS) is 23.4. The maximum atomic E-state index is 12.2. The van der Waals surface area contributed by atoms with Crippen molar-refractivity contribution < 1.29 is 19.4 Å². The fourth-order valence-corrected chi connectivity index (χ4v) is 3.31. The van der Waals surface area contributed by atoms with Crippen LogP contribution in [-0.4, -0.2) is 59.2 Å². The Kier molecular flexibility index (Phi) is 4.26. The molecule has 0 radical (unpaired) electrons. The van der Waals surface area contributed by atoms with E-state index in [1.807, 2.05) is 30.3 Å². The Hall–Kier alpha value is -2.08. The van der Waals surface area contributed by atoms with Gasteiger partial charge in [0.25, 0.3) is 0 Å². The zero-order valence-electron chi connectivity index (χ0n) is 13.3.